The number of carbonyl (C=O) groups excluding carboxylic acids is 2. The molecule has 1 aromatic carbocycles. The van der Waals surface area contributed by atoms with Gasteiger partial charge in [-0.3, -0.25) is 14.6 Å². The van der Waals surface area contributed by atoms with Gasteiger partial charge in [0.25, 0.3) is 5.91 Å². The molecule has 2 aromatic rings. The van der Waals surface area contributed by atoms with Crippen LogP contribution in [0.2, 0.25) is 0 Å². The van der Waals surface area contributed by atoms with Gasteiger partial charge in [0, 0.05) is 0 Å². The van der Waals surface area contributed by atoms with Crippen LogP contribution < -0.4 is 11.1 Å². The highest BCUT2D eigenvalue weighted by Crippen LogP contribution is 2.24. The van der Waals surface area contributed by atoms with Crippen molar-refractivity contribution in [2.75, 3.05) is 5.32 Å². The molecule has 7 heteroatoms. The number of amides is 2. The maximum atomic E-state index is 12.8. The molecule has 3 N–H and O–H groups in total. The summed E-state index contributed by atoms with van der Waals surface area (Å²) in [4.78, 5) is 26.5. The largest absolute Gasteiger partial charge is 0.366 e. The summed E-state index contributed by atoms with van der Waals surface area (Å²) in [7, 11) is 0. The zero-order valence-electron chi connectivity index (χ0n) is 10.7. The van der Waals surface area contributed by atoms with Crippen molar-refractivity contribution >= 4 is 33.4 Å². The fourth-order valence-corrected chi connectivity index (χ4v) is 2.06. The van der Waals surface area contributed by atoms with Crippen LogP contribution in [0.25, 0.3) is 0 Å². The molecule has 0 spiro atoms. The second-order valence-electron chi connectivity index (χ2n) is 4.16. The molecule has 1 atom stereocenters. The van der Waals surface area contributed by atoms with E-state index in [0.29, 0.717) is 11.4 Å². The first-order valence-corrected chi connectivity index (χ1v) is 6.86. The van der Waals surface area contributed by atoms with Crippen LogP contribution in [0, 0.1) is 5.82 Å². The number of rotatable bonds is 4. The Labute approximate surface area is 128 Å². The summed E-state index contributed by atoms with van der Waals surface area (Å²) in [6.07, 6.45) is 1.02. The fraction of sp³-hybridized carbons (Fsp3) is 0.0714. The molecule has 1 heterocycles. The van der Waals surface area contributed by atoms with Gasteiger partial charge in [-0.05, 0) is 24.3 Å². The van der Waals surface area contributed by atoms with Crippen LogP contribution in [-0.2, 0) is 4.79 Å². The van der Waals surface area contributed by atoms with Gasteiger partial charge in [0.15, 0.2) is 0 Å². The van der Waals surface area contributed by atoms with Gasteiger partial charge in [0.2, 0.25) is 5.91 Å². The van der Waals surface area contributed by atoms with Crippen LogP contribution in [-0.4, -0.2) is 16.8 Å². The van der Waals surface area contributed by atoms with E-state index in [4.69, 9.17) is 5.73 Å². The molecule has 2 amide bonds. The topological polar surface area (TPSA) is 85.1 Å². The SMILES string of the molecule is NC(=O)c1ccccc1NC(=O)C(Br)c1ccc(F)cn1. The first kappa shape index (κ1) is 15.1. The summed E-state index contributed by atoms with van der Waals surface area (Å²) in [5, 5.41) is 2.58. The number of benzene rings is 1. The number of pyridine rings is 1. The van der Waals surface area contributed by atoms with E-state index in [1.54, 1.807) is 18.2 Å². The predicted octanol–water partition coefficient (Wildman–Crippen LogP) is 2.39. The summed E-state index contributed by atoms with van der Waals surface area (Å²) in [6.45, 7) is 0. The minimum atomic E-state index is -0.779. The summed E-state index contributed by atoms with van der Waals surface area (Å²) in [5.74, 6) is -1.57. The molecule has 2 rings (SSSR count). The smallest absolute Gasteiger partial charge is 0.250 e. The lowest BCUT2D eigenvalue weighted by Gasteiger charge is -2.12. The minimum absolute atomic E-state index is 0.206. The average Bonchev–Trinajstić information content (AvgIpc) is 2.47. The number of hydrogen-bond acceptors (Lipinski definition) is 3. The van der Waals surface area contributed by atoms with Crippen molar-refractivity contribution in [2.24, 2.45) is 5.73 Å². The van der Waals surface area contributed by atoms with Crippen molar-refractivity contribution in [1.29, 1.82) is 0 Å². The highest BCUT2D eigenvalue weighted by atomic mass is 79.9. The molecule has 0 aliphatic carbocycles. The lowest BCUT2D eigenvalue weighted by atomic mass is 10.1. The minimum Gasteiger partial charge on any atom is -0.366 e. The molecule has 0 saturated carbocycles. The lowest BCUT2D eigenvalue weighted by molar-refractivity contribution is -0.115. The molecular formula is C14H11BrFN3O2. The van der Waals surface area contributed by atoms with E-state index in [-0.39, 0.29) is 5.56 Å². The maximum absolute atomic E-state index is 12.8. The van der Waals surface area contributed by atoms with Gasteiger partial charge in [-0.15, -0.1) is 0 Å². The maximum Gasteiger partial charge on any atom is 0.250 e. The third kappa shape index (κ3) is 3.63. The van der Waals surface area contributed by atoms with Crippen LogP contribution in [0.4, 0.5) is 10.1 Å². The summed E-state index contributed by atoms with van der Waals surface area (Å²) in [6, 6.07) is 8.99. The van der Waals surface area contributed by atoms with E-state index in [1.165, 1.54) is 18.2 Å². The normalized spacial score (nSPS) is 11.7. The van der Waals surface area contributed by atoms with Crippen molar-refractivity contribution in [1.82, 2.24) is 4.98 Å². The van der Waals surface area contributed by atoms with Crippen molar-refractivity contribution < 1.29 is 14.0 Å². The number of nitrogens with zero attached hydrogens (tertiary/aromatic N) is 1. The van der Waals surface area contributed by atoms with Crippen LogP contribution in [0.15, 0.2) is 42.6 Å². The molecule has 0 aliphatic heterocycles. The van der Waals surface area contributed by atoms with E-state index in [0.717, 1.165) is 6.20 Å². The Hall–Kier alpha value is -2.28. The predicted molar refractivity (Wildman–Crippen MR) is 79.5 cm³/mol. The van der Waals surface area contributed by atoms with Crippen molar-refractivity contribution in [3.8, 4) is 0 Å². The van der Waals surface area contributed by atoms with Gasteiger partial charge in [0.1, 0.15) is 10.6 Å². The second-order valence-corrected chi connectivity index (χ2v) is 5.08. The number of para-hydroxylation sites is 1. The second kappa shape index (κ2) is 6.45. The monoisotopic (exact) mass is 351 g/mol. The Morgan fingerprint density at radius 2 is 1.95 bits per heavy atom. The molecule has 0 aliphatic rings. The summed E-state index contributed by atoms with van der Waals surface area (Å²) >= 11 is 3.18. The molecule has 21 heavy (non-hydrogen) atoms. The third-order valence-electron chi connectivity index (χ3n) is 2.69. The van der Waals surface area contributed by atoms with E-state index < -0.39 is 22.5 Å². The van der Waals surface area contributed by atoms with Crippen LogP contribution in [0.1, 0.15) is 20.9 Å². The number of aromatic nitrogens is 1. The number of hydrogen-bond donors (Lipinski definition) is 2. The van der Waals surface area contributed by atoms with Gasteiger partial charge < -0.3 is 11.1 Å². The Kier molecular flexibility index (Phi) is 4.64. The summed E-state index contributed by atoms with van der Waals surface area (Å²) in [5.41, 5.74) is 6.10. The molecule has 0 bridgehead atoms. The number of primary amides is 1. The van der Waals surface area contributed by atoms with E-state index in [1.807, 2.05) is 0 Å². The number of anilines is 1. The first-order valence-electron chi connectivity index (χ1n) is 5.94. The fourth-order valence-electron chi connectivity index (χ4n) is 1.67. The van der Waals surface area contributed by atoms with Crippen molar-refractivity contribution in [3.05, 3.63) is 59.7 Å². The quantitative estimate of drug-likeness (QED) is 0.829. The molecule has 0 radical (unpaired) electrons. The third-order valence-corrected chi connectivity index (χ3v) is 3.58. The van der Waals surface area contributed by atoms with E-state index in [9.17, 15) is 14.0 Å². The van der Waals surface area contributed by atoms with Crippen molar-refractivity contribution in [2.45, 2.75) is 4.83 Å². The molecule has 1 unspecified atom stereocenters. The standard InChI is InChI=1S/C14H11BrFN3O2/c15-12(11-6-5-8(16)7-18-11)14(21)19-10-4-2-1-3-9(10)13(17)20/h1-7,12H,(H2,17,20)(H,19,21). The Bertz CT molecular complexity index is 676. The zero-order chi connectivity index (χ0) is 15.4. The van der Waals surface area contributed by atoms with Gasteiger partial charge in [-0.25, -0.2) is 4.39 Å². The molecular weight excluding hydrogens is 341 g/mol. The lowest BCUT2D eigenvalue weighted by Crippen LogP contribution is -2.21. The zero-order valence-corrected chi connectivity index (χ0v) is 12.3. The van der Waals surface area contributed by atoms with Gasteiger partial charge in [0.05, 0.1) is 23.1 Å². The first-order chi connectivity index (χ1) is 9.99. The molecule has 108 valence electrons. The Balaban J connectivity index is 2.18. The number of halogens is 2. The number of nitrogens with one attached hydrogen (secondary N) is 1. The van der Waals surface area contributed by atoms with E-state index >= 15 is 0 Å². The number of nitrogens with two attached hydrogens (primary N) is 1. The Morgan fingerprint density at radius 1 is 1.24 bits per heavy atom. The number of alkyl halides is 1. The molecule has 1 aromatic heterocycles. The Morgan fingerprint density at radius 3 is 2.57 bits per heavy atom. The van der Waals surface area contributed by atoms with Gasteiger partial charge in [-0.2, -0.15) is 0 Å². The van der Waals surface area contributed by atoms with Gasteiger partial charge >= 0.3 is 0 Å². The summed E-state index contributed by atoms with van der Waals surface area (Å²) < 4.78 is 12.8. The molecule has 0 saturated heterocycles. The molecule has 5 nitrogen and oxygen atoms in total. The van der Waals surface area contributed by atoms with Crippen LogP contribution >= 0.6 is 15.9 Å². The highest BCUT2D eigenvalue weighted by Gasteiger charge is 2.20. The van der Waals surface area contributed by atoms with Gasteiger partial charge in [-0.1, -0.05) is 28.1 Å². The van der Waals surface area contributed by atoms with Crippen molar-refractivity contribution in [3.63, 3.8) is 0 Å². The van der Waals surface area contributed by atoms with Crippen LogP contribution in [0.3, 0.4) is 0 Å². The van der Waals surface area contributed by atoms with Crippen LogP contribution in [0.5, 0.6) is 0 Å². The average molecular weight is 352 g/mol. The van der Waals surface area contributed by atoms with E-state index in [2.05, 4.69) is 26.2 Å². The molecule has 0 fully saturated rings. The number of carbonyl (C=O) groups is 2. The highest BCUT2D eigenvalue weighted by molar-refractivity contribution is 9.09.